The number of hydrogen-bond donors (Lipinski definition) is 1. The molecule has 0 saturated carbocycles. The number of benzene rings is 1. The van der Waals surface area contributed by atoms with E-state index < -0.39 is 0 Å². The Balaban J connectivity index is 1.37. The summed E-state index contributed by atoms with van der Waals surface area (Å²) in [6, 6.07) is 10.1. The lowest BCUT2D eigenvalue weighted by molar-refractivity contribution is -0.139. The summed E-state index contributed by atoms with van der Waals surface area (Å²) >= 11 is 1.46. The fraction of sp³-hybridized carbons (Fsp3) is 0.308. The lowest BCUT2D eigenvalue weighted by Crippen LogP contribution is -2.28. The van der Waals surface area contributed by atoms with E-state index in [1.165, 1.54) is 22.5 Å². The number of rotatable bonds is 6. The van der Waals surface area contributed by atoms with Crippen molar-refractivity contribution in [2.75, 3.05) is 5.32 Å². The van der Waals surface area contributed by atoms with Gasteiger partial charge in [-0.1, -0.05) is 19.1 Å². The molecular weight excluding hydrogens is 452 g/mol. The van der Waals surface area contributed by atoms with E-state index in [0.717, 1.165) is 35.3 Å². The van der Waals surface area contributed by atoms with Crippen LogP contribution in [0.15, 0.2) is 47.1 Å². The Hall–Kier alpha value is -3.52. The Morgan fingerprint density at radius 3 is 2.50 bits per heavy atom. The number of nitrogens with one attached hydrogen (secondary N) is 1. The third-order valence-corrected chi connectivity index (χ3v) is 7.59. The first kappa shape index (κ1) is 22.3. The molecule has 1 saturated heterocycles. The van der Waals surface area contributed by atoms with E-state index in [-0.39, 0.29) is 48.7 Å². The van der Waals surface area contributed by atoms with Crippen LogP contribution in [0.4, 0.5) is 5.00 Å². The maximum absolute atomic E-state index is 13.2. The largest absolute Gasteiger partial charge is 0.461 e. The van der Waals surface area contributed by atoms with Crippen LogP contribution in [0.25, 0.3) is 0 Å². The Morgan fingerprint density at radius 1 is 1.09 bits per heavy atom. The average molecular weight is 477 g/mol. The number of fused-ring (bicyclic) bond motifs is 1. The standard InChI is InChI=1S/C26H24N2O5S/c1-15-4-9-18-20(13-15)34-26(23(18)24(31)19-3-2-12-33-19)27-25(32)17-7-5-16(6-8-17)14-28-21(29)10-11-22(28)30/h2-3,5-8,12,15H,4,9-11,13-14H2,1H3,(H,27,32). The zero-order chi connectivity index (χ0) is 23.8. The molecule has 1 unspecified atom stereocenters. The summed E-state index contributed by atoms with van der Waals surface area (Å²) in [4.78, 5) is 52.4. The first-order valence-corrected chi connectivity index (χ1v) is 12.2. The lowest BCUT2D eigenvalue weighted by Gasteiger charge is -2.18. The van der Waals surface area contributed by atoms with E-state index in [9.17, 15) is 19.2 Å². The van der Waals surface area contributed by atoms with Gasteiger partial charge in [-0.25, -0.2) is 0 Å². The molecule has 3 heterocycles. The molecule has 1 aliphatic carbocycles. The van der Waals surface area contributed by atoms with E-state index in [2.05, 4.69) is 12.2 Å². The van der Waals surface area contributed by atoms with Crippen LogP contribution in [0, 0.1) is 5.92 Å². The van der Waals surface area contributed by atoms with E-state index in [0.29, 0.717) is 22.0 Å². The molecular formula is C26H24N2O5S. The summed E-state index contributed by atoms with van der Waals surface area (Å²) in [6.07, 6.45) is 4.66. The summed E-state index contributed by atoms with van der Waals surface area (Å²) in [5.74, 6) is -0.0935. The van der Waals surface area contributed by atoms with Crippen LogP contribution in [0.1, 0.15) is 68.7 Å². The predicted molar refractivity (Wildman–Crippen MR) is 127 cm³/mol. The average Bonchev–Trinajstić information content (AvgIpc) is 3.55. The van der Waals surface area contributed by atoms with Gasteiger partial charge in [0.05, 0.1) is 18.4 Å². The van der Waals surface area contributed by atoms with Gasteiger partial charge in [0.25, 0.3) is 5.91 Å². The summed E-state index contributed by atoms with van der Waals surface area (Å²) in [5.41, 5.74) is 2.74. The SMILES string of the molecule is CC1CCc2c(sc(NC(=O)c3ccc(CN4C(=O)CCC4=O)cc3)c2C(=O)c2ccco2)C1. The van der Waals surface area contributed by atoms with Crippen LogP contribution in [-0.4, -0.2) is 28.4 Å². The zero-order valence-electron chi connectivity index (χ0n) is 18.8. The van der Waals surface area contributed by atoms with Gasteiger partial charge < -0.3 is 9.73 Å². The van der Waals surface area contributed by atoms with Gasteiger partial charge in [-0.05, 0) is 60.6 Å². The van der Waals surface area contributed by atoms with Crippen molar-refractivity contribution >= 4 is 39.8 Å². The maximum atomic E-state index is 13.2. The highest BCUT2D eigenvalue weighted by Crippen LogP contribution is 2.41. The number of anilines is 1. The fourth-order valence-corrected chi connectivity index (χ4v) is 5.93. The number of hydrogen-bond acceptors (Lipinski definition) is 6. The van der Waals surface area contributed by atoms with Crippen LogP contribution in [0.5, 0.6) is 0 Å². The monoisotopic (exact) mass is 476 g/mol. The molecule has 2 aromatic heterocycles. The number of likely N-dealkylation sites (tertiary alicyclic amines) is 1. The van der Waals surface area contributed by atoms with Crippen molar-refractivity contribution in [2.45, 2.75) is 45.6 Å². The lowest BCUT2D eigenvalue weighted by atomic mass is 9.87. The smallest absolute Gasteiger partial charge is 0.256 e. The van der Waals surface area contributed by atoms with Gasteiger partial charge in [0.1, 0.15) is 5.00 Å². The second-order valence-corrected chi connectivity index (χ2v) is 9.99. The quantitative estimate of drug-likeness (QED) is 0.414. The molecule has 3 aromatic rings. The van der Waals surface area contributed by atoms with Crippen LogP contribution >= 0.6 is 11.3 Å². The highest BCUT2D eigenvalue weighted by Gasteiger charge is 2.31. The second-order valence-electron chi connectivity index (χ2n) is 8.89. The molecule has 0 spiro atoms. The molecule has 1 aliphatic heterocycles. The first-order valence-electron chi connectivity index (χ1n) is 11.4. The van der Waals surface area contributed by atoms with Gasteiger partial charge in [0.2, 0.25) is 17.6 Å². The molecule has 0 radical (unpaired) electrons. The number of carbonyl (C=O) groups excluding carboxylic acids is 4. The number of ketones is 1. The van der Waals surface area contributed by atoms with Gasteiger partial charge in [-0.3, -0.25) is 24.1 Å². The Bertz CT molecular complexity index is 1260. The van der Waals surface area contributed by atoms with Crippen molar-refractivity contribution in [3.63, 3.8) is 0 Å². The van der Waals surface area contributed by atoms with E-state index in [1.807, 2.05) is 0 Å². The van der Waals surface area contributed by atoms with Crippen molar-refractivity contribution in [3.8, 4) is 0 Å². The fourth-order valence-electron chi connectivity index (χ4n) is 4.53. The van der Waals surface area contributed by atoms with Crippen LogP contribution in [0.2, 0.25) is 0 Å². The van der Waals surface area contributed by atoms with Crippen LogP contribution < -0.4 is 5.32 Å². The number of amides is 3. The number of thiophene rings is 1. The molecule has 34 heavy (non-hydrogen) atoms. The topological polar surface area (TPSA) is 96.7 Å². The van der Waals surface area contributed by atoms with E-state index in [4.69, 9.17) is 4.42 Å². The normalized spacial score (nSPS) is 17.7. The number of furan rings is 1. The molecule has 1 N–H and O–H groups in total. The highest BCUT2D eigenvalue weighted by molar-refractivity contribution is 7.17. The van der Waals surface area contributed by atoms with Crippen molar-refractivity contribution in [1.82, 2.24) is 4.90 Å². The van der Waals surface area contributed by atoms with Gasteiger partial charge in [-0.2, -0.15) is 0 Å². The minimum Gasteiger partial charge on any atom is -0.461 e. The maximum Gasteiger partial charge on any atom is 0.256 e. The molecule has 7 nitrogen and oxygen atoms in total. The Morgan fingerprint density at radius 2 is 1.82 bits per heavy atom. The molecule has 0 bridgehead atoms. The molecule has 174 valence electrons. The van der Waals surface area contributed by atoms with Crippen molar-refractivity contribution in [2.24, 2.45) is 5.92 Å². The molecule has 2 aliphatic rings. The molecule has 1 atom stereocenters. The van der Waals surface area contributed by atoms with Gasteiger partial charge in [-0.15, -0.1) is 11.3 Å². The Kier molecular flexibility index (Phi) is 5.91. The van der Waals surface area contributed by atoms with Gasteiger partial charge in [0.15, 0.2) is 5.76 Å². The summed E-state index contributed by atoms with van der Waals surface area (Å²) in [7, 11) is 0. The minimum absolute atomic E-state index is 0.170. The molecule has 1 aromatic carbocycles. The molecule has 3 amide bonds. The van der Waals surface area contributed by atoms with Crippen molar-refractivity contribution < 1.29 is 23.6 Å². The predicted octanol–water partition coefficient (Wildman–Crippen LogP) is 4.60. The van der Waals surface area contributed by atoms with Crippen molar-refractivity contribution in [1.29, 1.82) is 0 Å². The third-order valence-electron chi connectivity index (χ3n) is 6.42. The molecule has 8 heteroatoms. The zero-order valence-corrected chi connectivity index (χ0v) is 19.6. The van der Waals surface area contributed by atoms with Crippen LogP contribution in [-0.2, 0) is 29.0 Å². The number of carbonyl (C=O) groups is 4. The van der Waals surface area contributed by atoms with Gasteiger partial charge >= 0.3 is 0 Å². The molecule has 5 rings (SSSR count). The Labute approximate surface area is 200 Å². The van der Waals surface area contributed by atoms with E-state index >= 15 is 0 Å². The number of nitrogens with zero attached hydrogens (tertiary/aromatic N) is 1. The minimum atomic E-state index is -0.319. The second kappa shape index (κ2) is 9.02. The van der Waals surface area contributed by atoms with Crippen molar-refractivity contribution in [3.05, 3.63) is 75.6 Å². The third kappa shape index (κ3) is 4.21. The summed E-state index contributed by atoms with van der Waals surface area (Å²) in [5, 5.41) is 3.49. The summed E-state index contributed by atoms with van der Waals surface area (Å²) in [6.45, 7) is 2.40. The first-order chi connectivity index (χ1) is 16.4. The summed E-state index contributed by atoms with van der Waals surface area (Å²) < 4.78 is 5.35. The van der Waals surface area contributed by atoms with Crippen LogP contribution in [0.3, 0.4) is 0 Å². The molecule has 1 fully saturated rings. The number of imide groups is 1. The van der Waals surface area contributed by atoms with E-state index in [1.54, 1.807) is 36.4 Å². The van der Waals surface area contributed by atoms with Gasteiger partial charge in [0, 0.05) is 23.3 Å². The highest BCUT2D eigenvalue weighted by atomic mass is 32.1.